The molecule has 0 saturated carbocycles. The molecule has 0 atom stereocenters. The maximum absolute atomic E-state index is 13.1. The molecule has 5 nitrogen and oxygen atoms in total. The second-order valence-corrected chi connectivity index (χ2v) is 7.39. The van der Waals surface area contributed by atoms with Crippen LogP contribution in [0.5, 0.6) is 0 Å². The minimum Gasteiger partial charge on any atom is -0.326 e. The van der Waals surface area contributed by atoms with Gasteiger partial charge in [0.15, 0.2) is 0 Å². The van der Waals surface area contributed by atoms with Crippen LogP contribution in [0, 0.1) is 0 Å². The Labute approximate surface area is 141 Å². The number of benzene rings is 2. The molecule has 1 aliphatic heterocycles. The van der Waals surface area contributed by atoms with Crippen molar-refractivity contribution in [2.75, 3.05) is 16.2 Å². The van der Waals surface area contributed by atoms with E-state index in [0.717, 1.165) is 5.56 Å². The van der Waals surface area contributed by atoms with E-state index in [1.165, 1.54) is 10.4 Å². The first-order valence-electron chi connectivity index (χ1n) is 7.64. The van der Waals surface area contributed by atoms with Crippen molar-refractivity contribution in [3.63, 3.8) is 0 Å². The van der Waals surface area contributed by atoms with Gasteiger partial charge in [0.1, 0.15) is 0 Å². The number of aryl methyl sites for hydroxylation is 1. The third kappa shape index (κ3) is 3.05. The Morgan fingerprint density at radius 2 is 1.88 bits per heavy atom. The summed E-state index contributed by atoms with van der Waals surface area (Å²) in [5.41, 5.74) is 2.10. The van der Waals surface area contributed by atoms with E-state index in [1.54, 1.807) is 42.5 Å². The highest BCUT2D eigenvalue weighted by Gasteiger charge is 2.26. The molecule has 2 aromatic rings. The van der Waals surface area contributed by atoms with E-state index in [4.69, 9.17) is 0 Å². The summed E-state index contributed by atoms with van der Waals surface area (Å²) >= 11 is 0. The van der Waals surface area contributed by atoms with Crippen molar-refractivity contribution in [3.05, 3.63) is 66.7 Å². The molecule has 0 aliphatic carbocycles. The van der Waals surface area contributed by atoms with Crippen LogP contribution in [0.4, 0.5) is 11.4 Å². The maximum atomic E-state index is 13.1. The number of nitrogens with zero attached hydrogens (tertiary/aromatic N) is 1. The Morgan fingerprint density at radius 3 is 2.58 bits per heavy atom. The molecule has 1 aliphatic rings. The van der Waals surface area contributed by atoms with E-state index in [0.29, 0.717) is 24.2 Å². The van der Waals surface area contributed by atoms with Crippen molar-refractivity contribution in [3.8, 4) is 0 Å². The van der Waals surface area contributed by atoms with E-state index >= 15 is 0 Å². The van der Waals surface area contributed by atoms with Crippen LogP contribution in [0.2, 0.25) is 0 Å². The zero-order chi connectivity index (χ0) is 17.2. The summed E-state index contributed by atoms with van der Waals surface area (Å²) in [6, 6.07) is 13.7. The third-order valence-corrected chi connectivity index (χ3v) is 5.69. The lowest BCUT2D eigenvalue weighted by atomic mass is 10.0. The van der Waals surface area contributed by atoms with Gasteiger partial charge in [0.05, 0.1) is 17.1 Å². The predicted molar refractivity (Wildman–Crippen MR) is 94.6 cm³/mol. The molecular formula is C18H18N2O3S. The van der Waals surface area contributed by atoms with E-state index in [2.05, 4.69) is 11.9 Å². The number of anilines is 2. The van der Waals surface area contributed by atoms with Gasteiger partial charge in [0.2, 0.25) is 5.91 Å². The summed E-state index contributed by atoms with van der Waals surface area (Å²) < 4.78 is 27.4. The fourth-order valence-corrected chi connectivity index (χ4v) is 4.19. The Kier molecular flexibility index (Phi) is 4.40. The highest BCUT2D eigenvalue weighted by Crippen LogP contribution is 2.29. The van der Waals surface area contributed by atoms with Crippen molar-refractivity contribution < 1.29 is 13.2 Å². The van der Waals surface area contributed by atoms with Crippen LogP contribution in [0.3, 0.4) is 0 Å². The standard InChI is InChI=1S/C18H18N2O3S/c1-2-12-20(15-6-4-3-5-7-15)24(22,23)16-9-10-17-14(13-16)8-11-18(21)19-17/h2-7,9-10,13H,1,8,11-12H2,(H,19,21). The molecular weight excluding hydrogens is 324 g/mol. The van der Waals surface area contributed by atoms with Crippen LogP contribution >= 0.6 is 0 Å². The molecule has 24 heavy (non-hydrogen) atoms. The zero-order valence-corrected chi connectivity index (χ0v) is 13.9. The summed E-state index contributed by atoms with van der Waals surface area (Å²) in [7, 11) is -3.71. The first kappa shape index (κ1) is 16.3. The SMILES string of the molecule is C=CCN(c1ccccc1)S(=O)(=O)c1ccc2c(c1)CCC(=O)N2. The van der Waals surface area contributed by atoms with Gasteiger partial charge in [-0.2, -0.15) is 0 Å². The van der Waals surface area contributed by atoms with Crippen molar-refractivity contribution >= 4 is 27.3 Å². The molecule has 0 unspecified atom stereocenters. The van der Waals surface area contributed by atoms with Gasteiger partial charge >= 0.3 is 0 Å². The minimum absolute atomic E-state index is 0.0457. The summed E-state index contributed by atoms with van der Waals surface area (Å²) in [5, 5.41) is 2.76. The summed E-state index contributed by atoms with van der Waals surface area (Å²) in [6.07, 6.45) is 2.46. The van der Waals surface area contributed by atoms with Gasteiger partial charge in [0.25, 0.3) is 10.0 Å². The number of carbonyl (C=O) groups is 1. The number of carbonyl (C=O) groups excluding carboxylic acids is 1. The van der Waals surface area contributed by atoms with E-state index in [1.807, 2.05) is 6.07 Å². The highest BCUT2D eigenvalue weighted by atomic mass is 32.2. The van der Waals surface area contributed by atoms with Crippen molar-refractivity contribution in [1.82, 2.24) is 0 Å². The van der Waals surface area contributed by atoms with Crippen LogP contribution in [0.15, 0.2) is 66.1 Å². The predicted octanol–water partition coefficient (Wildman–Crippen LogP) is 2.95. The average molecular weight is 342 g/mol. The molecule has 1 amide bonds. The number of nitrogens with one attached hydrogen (secondary N) is 1. The average Bonchev–Trinajstić information content (AvgIpc) is 2.59. The van der Waals surface area contributed by atoms with Crippen LogP contribution in [-0.4, -0.2) is 20.9 Å². The maximum Gasteiger partial charge on any atom is 0.264 e. The van der Waals surface area contributed by atoms with Gasteiger partial charge in [-0.1, -0.05) is 24.3 Å². The second-order valence-electron chi connectivity index (χ2n) is 5.53. The number of hydrogen-bond acceptors (Lipinski definition) is 3. The van der Waals surface area contributed by atoms with Gasteiger partial charge in [-0.15, -0.1) is 6.58 Å². The summed E-state index contributed by atoms with van der Waals surface area (Å²) in [5.74, 6) is -0.0457. The molecule has 2 aromatic carbocycles. The number of sulfonamides is 1. The van der Waals surface area contributed by atoms with Gasteiger partial charge < -0.3 is 5.32 Å². The number of fused-ring (bicyclic) bond motifs is 1. The summed E-state index contributed by atoms with van der Waals surface area (Å²) in [6.45, 7) is 3.84. The second kappa shape index (κ2) is 6.49. The van der Waals surface area contributed by atoms with Gasteiger partial charge in [0, 0.05) is 12.1 Å². The molecule has 0 bridgehead atoms. The molecule has 6 heteroatoms. The molecule has 0 fully saturated rings. The molecule has 124 valence electrons. The lowest BCUT2D eigenvalue weighted by Gasteiger charge is -2.24. The normalized spacial score (nSPS) is 13.8. The lowest BCUT2D eigenvalue weighted by Crippen LogP contribution is -2.31. The molecule has 0 spiro atoms. The topological polar surface area (TPSA) is 66.5 Å². The minimum atomic E-state index is -3.71. The Hall–Kier alpha value is -2.60. The third-order valence-electron chi connectivity index (χ3n) is 3.90. The fourth-order valence-electron chi connectivity index (χ4n) is 2.70. The van der Waals surface area contributed by atoms with Crippen molar-refractivity contribution in [1.29, 1.82) is 0 Å². The molecule has 0 radical (unpaired) electrons. The molecule has 0 aromatic heterocycles. The molecule has 1 N–H and O–H groups in total. The number of rotatable bonds is 5. The monoisotopic (exact) mass is 342 g/mol. The van der Waals surface area contributed by atoms with Gasteiger partial charge in [-0.3, -0.25) is 9.10 Å². The lowest BCUT2D eigenvalue weighted by molar-refractivity contribution is -0.116. The highest BCUT2D eigenvalue weighted by molar-refractivity contribution is 7.92. The first-order chi connectivity index (χ1) is 11.5. The summed E-state index contributed by atoms with van der Waals surface area (Å²) in [4.78, 5) is 11.6. The Bertz CT molecular complexity index is 876. The van der Waals surface area contributed by atoms with Crippen LogP contribution in [-0.2, 0) is 21.2 Å². The van der Waals surface area contributed by atoms with Crippen LogP contribution < -0.4 is 9.62 Å². The van der Waals surface area contributed by atoms with E-state index in [-0.39, 0.29) is 17.3 Å². The van der Waals surface area contributed by atoms with E-state index in [9.17, 15) is 13.2 Å². The van der Waals surface area contributed by atoms with Crippen LogP contribution in [0.25, 0.3) is 0 Å². The zero-order valence-electron chi connectivity index (χ0n) is 13.1. The Balaban J connectivity index is 2.02. The van der Waals surface area contributed by atoms with Gasteiger partial charge in [-0.05, 0) is 42.3 Å². The van der Waals surface area contributed by atoms with Gasteiger partial charge in [-0.25, -0.2) is 8.42 Å². The number of amides is 1. The Morgan fingerprint density at radius 1 is 1.12 bits per heavy atom. The molecule has 1 heterocycles. The largest absolute Gasteiger partial charge is 0.326 e. The smallest absolute Gasteiger partial charge is 0.264 e. The van der Waals surface area contributed by atoms with Crippen molar-refractivity contribution in [2.24, 2.45) is 0 Å². The van der Waals surface area contributed by atoms with Crippen LogP contribution in [0.1, 0.15) is 12.0 Å². The van der Waals surface area contributed by atoms with Crippen molar-refractivity contribution in [2.45, 2.75) is 17.7 Å². The number of hydrogen-bond donors (Lipinski definition) is 1. The van der Waals surface area contributed by atoms with E-state index < -0.39 is 10.0 Å². The quantitative estimate of drug-likeness (QED) is 0.850. The fraction of sp³-hybridized carbons (Fsp3) is 0.167. The molecule has 3 rings (SSSR count). The number of para-hydroxylation sites is 1. The first-order valence-corrected chi connectivity index (χ1v) is 9.08. The molecule has 0 saturated heterocycles.